The lowest BCUT2D eigenvalue weighted by atomic mass is 9.86. The molecule has 0 spiro atoms. The van der Waals surface area contributed by atoms with E-state index in [0.29, 0.717) is 16.8 Å². The van der Waals surface area contributed by atoms with Gasteiger partial charge in [0.05, 0.1) is 5.41 Å². The summed E-state index contributed by atoms with van der Waals surface area (Å²) in [6.07, 6.45) is 3.47. The minimum Gasteiger partial charge on any atom is -0.481 e. The number of halogens is 1. The molecule has 1 aromatic heterocycles. The van der Waals surface area contributed by atoms with E-state index < -0.39 is 11.4 Å². The van der Waals surface area contributed by atoms with Crippen molar-refractivity contribution in [1.82, 2.24) is 4.98 Å². The van der Waals surface area contributed by atoms with Crippen LogP contribution in [-0.4, -0.2) is 22.6 Å². The number of aromatic nitrogens is 1. The molecule has 0 saturated heterocycles. The lowest BCUT2D eigenvalue weighted by Gasteiger charge is -2.23. The molecule has 1 fully saturated rings. The summed E-state index contributed by atoms with van der Waals surface area (Å²) in [7, 11) is 0. The van der Waals surface area contributed by atoms with Gasteiger partial charge in [-0.25, -0.2) is 4.98 Å². The maximum Gasteiger partial charge on any atom is 0.311 e. The summed E-state index contributed by atoms with van der Waals surface area (Å²) in [4.78, 5) is 15.3. The average Bonchev–Trinajstić information content (AvgIpc) is 2.84. The standard InChI is InChI=1S/C10H13ClN2O2S/c11-7-5-16-9(13-7)12-6-10(8(14)15)3-1-2-4-10/h5H,1-4,6H2,(H,12,13)(H,14,15). The van der Waals surface area contributed by atoms with Crippen LogP contribution in [0.1, 0.15) is 25.7 Å². The Morgan fingerprint density at radius 3 is 2.81 bits per heavy atom. The zero-order valence-corrected chi connectivity index (χ0v) is 10.3. The first-order chi connectivity index (χ1) is 7.62. The number of aliphatic carboxylic acids is 1. The number of anilines is 1. The lowest BCUT2D eigenvalue weighted by Crippen LogP contribution is -2.35. The second-order valence-corrected chi connectivity index (χ2v) is 5.37. The Labute approximate surface area is 103 Å². The van der Waals surface area contributed by atoms with Crippen LogP contribution < -0.4 is 5.32 Å². The monoisotopic (exact) mass is 260 g/mol. The summed E-state index contributed by atoms with van der Waals surface area (Å²) in [5.41, 5.74) is -0.613. The number of nitrogens with one attached hydrogen (secondary N) is 1. The molecule has 88 valence electrons. The van der Waals surface area contributed by atoms with Gasteiger partial charge in [0, 0.05) is 11.9 Å². The van der Waals surface area contributed by atoms with Crippen molar-refractivity contribution >= 4 is 34.0 Å². The maximum atomic E-state index is 11.3. The number of carbonyl (C=O) groups is 1. The molecule has 6 heteroatoms. The minimum atomic E-state index is -0.708. The van der Waals surface area contributed by atoms with Gasteiger partial charge in [0.1, 0.15) is 5.15 Å². The molecule has 1 heterocycles. The predicted octanol–water partition coefficient (Wildman–Crippen LogP) is 2.85. The Morgan fingerprint density at radius 1 is 1.62 bits per heavy atom. The summed E-state index contributed by atoms with van der Waals surface area (Å²) in [5.74, 6) is -0.708. The molecule has 0 unspecified atom stereocenters. The first-order valence-corrected chi connectivity index (χ1v) is 6.46. The van der Waals surface area contributed by atoms with Gasteiger partial charge in [-0.3, -0.25) is 4.79 Å². The first kappa shape index (κ1) is 11.7. The number of carboxylic acids is 1. The number of nitrogens with zero attached hydrogens (tertiary/aromatic N) is 1. The van der Waals surface area contributed by atoms with Crippen LogP contribution in [-0.2, 0) is 4.79 Å². The summed E-state index contributed by atoms with van der Waals surface area (Å²) < 4.78 is 0. The Bertz CT molecular complexity index is 388. The van der Waals surface area contributed by atoms with Gasteiger partial charge in [0.25, 0.3) is 0 Å². The van der Waals surface area contributed by atoms with E-state index in [0.717, 1.165) is 25.7 Å². The fourth-order valence-electron chi connectivity index (χ4n) is 2.10. The number of hydrogen-bond donors (Lipinski definition) is 2. The van der Waals surface area contributed by atoms with Crippen LogP contribution in [0.3, 0.4) is 0 Å². The van der Waals surface area contributed by atoms with Crippen molar-refractivity contribution in [2.75, 3.05) is 11.9 Å². The van der Waals surface area contributed by atoms with Crippen molar-refractivity contribution < 1.29 is 9.90 Å². The summed E-state index contributed by atoms with van der Waals surface area (Å²) >= 11 is 7.09. The Hall–Kier alpha value is -0.810. The van der Waals surface area contributed by atoms with Crippen LogP contribution in [0.15, 0.2) is 5.38 Å². The summed E-state index contributed by atoms with van der Waals surface area (Å²) in [5, 5.41) is 15.2. The highest BCUT2D eigenvalue weighted by Crippen LogP contribution is 2.38. The molecule has 1 aromatic rings. The molecule has 1 aliphatic rings. The van der Waals surface area contributed by atoms with Gasteiger partial charge in [0.2, 0.25) is 0 Å². The van der Waals surface area contributed by atoms with E-state index >= 15 is 0 Å². The van der Waals surface area contributed by atoms with Gasteiger partial charge >= 0.3 is 5.97 Å². The number of thiazole rings is 1. The fraction of sp³-hybridized carbons (Fsp3) is 0.600. The molecule has 16 heavy (non-hydrogen) atoms. The summed E-state index contributed by atoms with van der Waals surface area (Å²) in [6, 6.07) is 0. The van der Waals surface area contributed by atoms with Gasteiger partial charge in [0.15, 0.2) is 5.13 Å². The molecule has 0 amide bonds. The van der Waals surface area contributed by atoms with Crippen molar-refractivity contribution in [1.29, 1.82) is 0 Å². The fourth-order valence-corrected chi connectivity index (χ4v) is 2.93. The first-order valence-electron chi connectivity index (χ1n) is 5.21. The van der Waals surface area contributed by atoms with Crippen molar-refractivity contribution in [2.45, 2.75) is 25.7 Å². The Kier molecular flexibility index (Phi) is 3.35. The quantitative estimate of drug-likeness (QED) is 0.874. The van der Waals surface area contributed by atoms with Crippen molar-refractivity contribution in [3.63, 3.8) is 0 Å². The Morgan fingerprint density at radius 2 is 2.31 bits per heavy atom. The molecule has 1 aliphatic carbocycles. The molecule has 2 rings (SSSR count). The summed E-state index contributed by atoms with van der Waals surface area (Å²) in [6.45, 7) is 0.437. The van der Waals surface area contributed by atoms with Gasteiger partial charge in [-0.05, 0) is 12.8 Å². The second-order valence-electron chi connectivity index (χ2n) is 4.12. The van der Waals surface area contributed by atoms with E-state index in [1.807, 2.05) is 0 Å². The van der Waals surface area contributed by atoms with Crippen LogP contribution >= 0.6 is 22.9 Å². The van der Waals surface area contributed by atoms with Gasteiger partial charge in [-0.1, -0.05) is 24.4 Å². The predicted molar refractivity (Wildman–Crippen MR) is 64.2 cm³/mol. The molecule has 0 aromatic carbocycles. The Balaban J connectivity index is 1.99. The van der Waals surface area contributed by atoms with Crippen molar-refractivity contribution in [3.05, 3.63) is 10.5 Å². The largest absolute Gasteiger partial charge is 0.481 e. The zero-order valence-electron chi connectivity index (χ0n) is 8.70. The highest BCUT2D eigenvalue weighted by Gasteiger charge is 2.41. The molecule has 2 N–H and O–H groups in total. The van der Waals surface area contributed by atoms with Gasteiger partial charge < -0.3 is 10.4 Å². The molecule has 1 saturated carbocycles. The molecule has 0 atom stereocenters. The number of hydrogen-bond acceptors (Lipinski definition) is 4. The van der Waals surface area contributed by atoms with Crippen LogP contribution in [0.5, 0.6) is 0 Å². The highest BCUT2D eigenvalue weighted by molar-refractivity contribution is 7.14. The molecular formula is C10H13ClN2O2S. The maximum absolute atomic E-state index is 11.3. The number of rotatable bonds is 4. The van der Waals surface area contributed by atoms with E-state index in [2.05, 4.69) is 10.3 Å². The minimum absolute atomic E-state index is 0.437. The smallest absolute Gasteiger partial charge is 0.311 e. The third kappa shape index (κ3) is 2.30. The topological polar surface area (TPSA) is 62.2 Å². The van der Waals surface area contributed by atoms with Crippen molar-refractivity contribution in [2.24, 2.45) is 5.41 Å². The molecule has 0 aliphatic heterocycles. The van der Waals surface area contributed by atoms with E-state index in [-0.39, 0.29) is 0 Å². The van der Waals surface area contributed by atoms with Crippen LogP contribution in [0.4, 0.5) is 5.13 Å². The van der Waals surface area contributed by atoms with E-state index in [1.165, 1.54) is 11.3 Å². The van der Waals surface area contributed by atoms with Crippen LogP contribution in [0, 0.1) is 5.41 Å². The van der Waals surface area contributed by atoms with Gasteiger partial charge in [-0.15, -0.1) is 11.3 Å². The van der Waals surface area contributed by atoms with Crippen LogP contribution in [0.2, 0.25) is 5.15 Å². The van der Waals surface area contributed by atoms with E-state index in [4.69, 9.17) is 11.6 Å². The van der Waals surface area contributed by atoms with Gasteiger partial charge in [-0.2, -0.15) is 0 Å². The lowest BCUT2D eigenvalue weighted by molar-refractivity contribution is -0.147. The normalized spacial score (nSPS) is 18.6. The second kappa shape index (κ2) is 4.59. The molecule has 0 bridgehead atoms. The van der Waals surface area contributed by atoms with E-state index in [9.17, 15) is 9.90 Å². The zero-order chi connectivity index (χ0) is 11.6. The van der Waals surface area contributed by atoms with Crippen LogP contribution in [0.25, 0.3) is 0 Å². The molecule has 0 radical (unpaired) electrons. The van der Waals surface area contributed by atoms with E-state index in [1.54, 1.807) is 5.38 Å². The third-order valence-electron chi connectivity index (χ3n) is 3.07. The molecular weight excluding hydrogens is 248 g/mol. The average molecular weight is 261 g/mol. The SMILES string of the molecule is O=C(O)C1(CNc2nc(Cl)cs2)CCCC1. The van der Waals surface area contributed by atoms with Crippen molar-refractivity contribution in [3.8, 4) is 0 Å². The molecule has 4 nitrogen and oxygen atoms in total. The third-order valence-corrected chi connectivity index (χ3v) is 4.19. The number of carboxylic acid groups (broad SMARTS) is 1. The highest BCUT2D eigenvalue weighted by atomic mass is 35.5.